The second-order valence-corrected chi connectivity index (χ2v) is 7.44. The van der Waals surface area contributed by atoms with Crippen molar-refractivity contribution in [2.45, 2.75) is 25.8 Å². The second-order valence-electron chi connectivity index (χ2n) is 7.44. The van der Waals surface area contributed by atoms with Crippen molar-refractivity contribution < 1.29 is 4.79 Å². The minimum Gasteiger partial charge on any atom is -0.361 e. The summed E-state index contributed by atoms with van der Waals surface area (Å²) in [7, 11) is 0. The molecule has 0 saturated carbocycles. The Morgan fingerprint density at radius 3 is 2.14 bits per heavy atom. The summed E-state index contributed by atoms with van der Waals surface area (Å²) in [4.78, 5) is 16.3. The highest BCUT2D eigenvalue weighted by molar-refractivity contribution is 5.89. The van der Waals surface area contributed by atoms with Crippen molar-refractivity contribution in [1.82, 2.24) is 10.3 Å². The number of H-pyrrole nitrogens is 1. The molecule has 4 aromatic rings. The van der Waals surface area contributed by atoms with Crippen LogP contribution in [0.3, 0.4) is 0 Å². The summed E-state index contributed by atoms with van der Waals surface area (Å²) in [5.74, 6) is -0.00307. The Morgan fingerprint density at radius 1 is 0.929 bits per heavy atom. The Hall–Kier alpha value is -3.33. The molecule has 0 bridgehead atoms. The average Bonchev–Trinajstić information content (AvgIpc) is 3.10. The van der Waals surface area contributed by atoms with Crippen molar-refractivity contribution in [3.63, 3.8) is 0 Å². The van der Waals surface area contributed by atoms with E-state index in [9.17, 15) is 4.79 Å². The highest BCUT2D eigenvalue weighted by atomic mass is 16.1. The first-order chi connectivity index (χ1) is 13.6. The summed E-state index contributed by atoms with van der Waals surface area (Å²) in [6.45, 7) is 4.13. The van der Waals surface area contributed by atoms with E-state index in [1.807, 2.05) is 42.6 Å². The number of aromatic amines is 1. The minimum absolute atomic E-state index is 0.00307. The molecule has 1 aromatic heterocycles. The zero-order valence-corrected chi connectivity index (χ0v) is 16.2. The number of nitrogens with one attached hydrogen (secondary N) is 2. The SMILES string of the molecule is Cc1ccc2c(CC(=O)NC(C)(c3ccccc3)c3ccccc3)c[nH]c2c1. The van der Waals surface area contributed by atoms with Crippen LogP contribution >= 0.6 is 0 Å². The third kappa shape index (κ3) is 3.44. The van der Waals surface area contributed by atoms with Crippen molar-refractivity contribution in [3.05, 3.63) is 107 Å². The fourth-order valence-corrected chi connectivity index (χ4v) is 3.80. The predicted octanol–water partition coefficient (Wildman–Crippen LogP) is 5.10. The maximum absolute atomic E-state index is 13.1. The highest BCUT2D eigenvalue weighted by Crippen LogP contribution is 2.29. The van der Waals surface area contributed by atoms with Crippen LogP contribution in [0.15, 0.2) is 85.1 Å². The van der Waals surface area contributed by atoms with Crippen molar-refractivity contribution in [2.75, 3.05) is 0 Å². The number of fused-ring (bicyclic) bond motifs is 1. The molecule has 3 aromatic carbocycles. The molecule has 0 unspecified atom stereocenters. The summed E-state index contributed by atoms with van der Waals surface area (Å²) < 4.78 is 0. The van der Waals surface area contributed by atoms with E-state index >= 15 is 0 Å². The van der Waals surface area contributed by atoms with E-state index in [4.69, 9.17) is 0 Å². The normalized spacial score (nSPS) is 11.5. The summed E-state index contributed by atoms with van der Waals surface area (Å²) >= 11 is 0. The van der Waals surface area contributed by atoms with E-state index < -0.39 is 5.54 Å². The lowest BCUT2D eigenvalue weighted by Gasteiger charge is -2.32. The molecule has 3 nitrogen and oxygen atoms in total. The fraction of sp³-hybridized carbons (Fsp3) is 0.160. The van der Waals surface area contributed by atoms with Crippen LogP contribution in [0, 0.1) is 6.92 Å². The lowest BCUT2D eigenvalue weighted by Crippen LogP contribution is -2.45. The van der Waals surface area contributed by atoms with Crippen LogP contribution < -0.4 is 5.32 Å². The largest absolute Gasteiger partial charge is 0.361 e. The maximum Gasteiger partial charge on any atom is 0.225 e. The minimum atomic E-state index is -0.595. The number of benzene rings is 3. The van der Waals surface area contributed by atoms with Gasteiger partial charge in [0.05, 0.1) is 12.0 Å². The van der Waals surface area contributed by atoms with E-state index in [0.717, 1.165) is 27.6 Å². The Kier molecular flexibility index (Phi) is 4.74. The molecule has 0 aliphatic carbocycles. The number of rotatable bonds is 5. The molecule has 0 radical (unpaired) electrons. The maximum atomic E-state index is 13.1. The summed E-state index contributed by atoms with van der Waals surface area (Å²) in [5.41, 5.74) is 4.80. The average molecular weight is 368 g/mol. The van der Waals surface area contributed by atoms with E-state index in [2.05, 4.69) is 66.6 Å². The number of carbonyl (C=O) groups excluding carboxylic acids is 1. The Morgan fingerprint density at radius 2 is 1.54 bits per heavy atom. The number of aryl methyl sites for hydroxylation is 1. The highest BCUT2D eigenvalue weighted by Gasteiger charge is 2.30. The van der Waals surface area contributed by atoms with Gasteiger partial charge in [0.15, 0.2) is 0 Å². The molecule has 4 rings (SSSR count). The van der Waals surface area contributed by atoms with Crippen LogP contribution in [0.5, 0.6) is 0 Å². The van der Waals surface area contributed by atoms with Gasteiger partial charge in [0, 0.05) is 17.1 Å². The molecule has 2 N–H and O–H groups in total. The molecule has 0 atom stereocenters. The Labute approximate surface area is 165 Å². The molecular formula is C25H24N2O. The van der Waals surface area contributed by atoms with Gasteiger partial charge in [-0.25, -0.2) is 0 Å². The van der Waals surface area contributed by atoms with Crippen molar-refractivity contribution in [1.29, 1.82) is 0 Å². The van der Waals surface area contributed by atoms with Crippen molar-refractivity contribution in [2.24, 2.45) is 0 Å². The lowest BCUT2D eigenvalue weighted by atomic mass is 9.84. The topological polar surface area (TPSA) is 44.9 Å². The van der Waals surface area contributed by atoms with E-state index in [-0.39, 0.29) is 5.91 Å². The lowest BCUT2D eigenvalue weighted by molar-refractivity contribution is -0.121. The molecule has 1 amide bonds. The molecule has 0 aliphatic rings. The first kappa shape index (κ1) is 18.1. The molecule has 0 spiro atoms. The van der Waals surface area contributed by atoms with E-state index in [1.165, 1.54) is 5.56 Å². The van der Waals surface area contributed by atoms with Gasteiger partial charge in [-0.05, 0) is 42.2 Å². The molecule has 0 fully saturated rings. The van der Waals surface area contributed by atoms with Gasteiger partial charge >= 0.3 is 0 Å². The summed E-state index contributed by atoms with van der Waals surface area (Å²) in [6.07, 6.45) is 2.27. The number of aromatic nitrogens is 1. The van der Waals surface area contributed by atoms with Crippen LogP contribution in [-0.4, -0.2) is 10.9 Å². The molecular weight excluding hydrogens is 344 g/mol. The molecule has 28 heavy (non-hydrogen) atoms. The fourth-order valence-electron chi connectivity index (χ4n) is 3.80. The van der Waals surface area contributed by atoms with Crippen LogP contribution in [0.2, 0.25) is 0 Å². The number of hydrogen-bond donors (Lipinski definition) is 2. The number of hydrogen-bond acceptors (Lipinski definition) is 1. The van der Waals surface area contributed by atoms with Crippen LogP contribution in [0.1, 0.15) is 29.2 Å². The number of carbonyl (C=O) groups is 1. The van der Waals surface area contributed by atoms with Gasteiger partial charge < -0.3 is 10.3 Å². The van der Waals surface area contributed by atoms with E-state index in [1.54, 1.807) is 0 Å². The molecule has 140 valence electrons. The van der Waals surface area contributed by atoms with Gasteiger partial charge in [0.2, 0.25) is 5.91 Å². The van der Waals surface area contributed by atoms with Gasteiger partial charge in [0.25, 0.3) is 0 Å². The smallest absolute Gasteiger partial charge is 0.225 e. The van der Waals surface area contributed by atoms with Gasteiger partial charge in [-0.1, -0.05) is 72.8 Å². The van der Waals surface area contributed by atoms with Gasteiger partial charge in [-0.3, -0.25) is 4.79 Å². The third-order valence-electron chi connectivity index (χ3n) is 5.37. The van der Waals surface area contributed by atoms with Crippen molar-refractivity contribution in [3.8, 4) is 0 Å². The zero-order chi connectivity index (χ0) is 19.6. The monoisotopic (exact) mass is 368 g/mol. The molecule has 0 saturated heterocycles. The number of amides is 1. The van der Waals surface area contributed by atoms with Gasteiger partial charge in [0.1, 0.15) is 0 Å². The second kappa shape index (κ2) is 7.35. The molecule has 3 heteroatoms. The molecule has 1 heterocycles. The van der Waals surface area contributed by atoms with Crippen LogP contribution in [-0.2, 0) is 16.8 Å². The van der Waals surface area contributed by atoms with Crippen molar-refractivity contribution >= 4 is 16.8 Å². The summed E-state index contributed by atoms with van der Waals surface area (Å²) in [6, 6.07) is 26.5. The Balaban J connectivity index is 1.64. The third-order valence-corrected chi connectivity index (χ3v) is 5.37. The predicted molar refractivity (Wildman–Crippen MR) is 114 cm³/mol. The quantitative estimate of drug-likeness (QED) is 0.506. The van der Waals surface area contributed by atoms with Gasteiger partial charge in [-0.2, -0.15) is 0 Å². The van der Waals surface area contributed by atoms with E-state index in [0.29, 0.717) is 6.42 Å². The van der Waals surface area contributed by atoms with Gasteiger partial charge in [-0.15, -0.1) is 0 Å². The van der Waals surface area contributed by atoms with Crippen LogP contribution in [0.4, 0.5) is 0 Å². The van der Waals surface area contributed by atoms with Crippen LogP contribution in [0.25, 0.3) is 10.9 Å². The first-order valence-corrected chi connectivity index (χ1v) is 9.55. The molecule has 0 aliphatic heterocycles. The Bertz CT molecular complexity index is 1060. The zero-order valence-electron chi connectivity index (χ0n) is 16.2. The summed E-state index contributed by atoms with van der Waals surface area (Å²) in [5, 5.41) is 4.39. The standard InChI is InChI=1S/C25H24N2O/c1-18-13-14-22-19(17-26-23(22)15-18)16-24(28)27-25(2,20-9-5-3-6-10-20)21-11-7-4-8-12-21/h3-15,17,26H,16H2,1-2H3,(H,27,28). The first-order valence-electron chi connectivity index (χ1n) is 9.55.